The van der Waals surface area contributed by atoms with Crippen LogP contribution in [0.1, 0.15) is 21.1 Å². The maximum Gasteiger partial charge on any atom is 0.358 e. The summed E-state index contributed by atoms with van der Waals surface area (Å²) >= 11 is 2.96. The van der Waals surface area contributed by atoms with Gasteiger partial charge in [-0.3, -0.25) is 0 Å². The summed E-state index contributed by atoms with van der Waals surface area (Å²) in [5.74, 6) is -1.07. The predicted molar refractivity (Wildman–Crippen MR) is 71.1 cm³/mol. The van der Waals surface area contributed by atoms with Crippen LogP contribution in [-0.2, 0) is 6.42 Å². The lowest BCUT2D eigenvalue weighted by molar-refractivity contribution is 0.0689. The molecule has 0 atom stereocenters. The van der Waals surface area contributed by atoms with Crippen molar-refractivity contribution in [3.63, 3.8) is 0 Å². The third-order valence-corrected chi connectivity index (χ3v) is 4.11. The number of carboxylic acids is 1. The summed E-state index contributed by atoms with van der Waals surface area (Å²) in [6, 6.07) is 3.88. The Morgan fingerprint density at radius 3 is 2.89 bits per heavy atom. The van der Waals surface area contributed by atoms with Crippen LogP contribution in [0.2, 0.25) is 0 Å². The maximum atomic E-state index is 11.2. The third-order valence-electron chi connectivity index (χ3n) is 2.49. The zero-order valence-electron chi connectivity index (χ0n) is 9.55. The molecule has 0 aliphatic rings. The van der Waals surface area contributed by atoms with Crippen molar-refractivity contribution in [3.8, 4) is 5.13 Å². The third kappa shape index (κ3) is 2.27. The van der Waals surface area contributed by atoms with Gasteiger partial charge in [-0.2, -0.15) is 4.68 Å². The summed E-state index contributed by atoms with van der Waals surface area (Å²) in [4.78, 5) is 16.4. The molecule has 3 rings (SSSR count). The van der Waals surface area contributed by atoms with E-state index in [2.05, 4.69) is 15.3 Å². The molecular formula is C11H8N4O2S2. The van der Waals surface area contributed by atoms with Crippen LogP contribution < -0.4 is 0 Å². The van der Waals surface area contributed by atoms with E-state index < -0.39 is 5.97 Å². The van der Waals surface area contributed by atoms with E-state index in [9.17, 15) is 9.90 Å². The Balaban J connectivity index is 2.08. The Labute approximate surface area is 116 Å². The molecule has 19 heavy (non-hydrogen) atoms. The molecule has 0 aliphatic carbocycles. The monoisotopic (exact) mass is 292 g/mol. The van der Waals surface area contributed by atoms with Gasteiger partial charge in [-0.25, -0.2) is 9.78 Å². The highest BCUT2D eigenvalue weighted by atomic mass is 32.1. The summed E-state index contributed by atoms with van der Waals surface area (Å²) in [5.41, 5.74) is 0.522. The second kappa shape index (κ2) is 4.90. The fourth-order valence-electron chi connectivity index (χ4n) is 1.68. The first-order chi connectivity index (χ1) is 9.25. The number of hydrogen-bond donors (Lipinski definition) is 1. The fourth-order valence-corrected chi connectivity index (χ4v) is 3.00. The van der Waals surface area contributed by atoms with Gasteiger partial charge in [0.05, 0.1) is 5.69 Å². The Hall–Kier alpha value is -2.06. The quantitative estimate of drug-likeness (QED) is 0.796. The van der Waals surface area contributed by atoms with Crippen LogP contribution in [0.15, 0.2) is 29.1 Å². The fraction of sp³-hybridized carbons (Fsp3) is 0.0909. The van der Waals surface area contributed by atoms with Gasteiger partial charge in [-0.15, -0.1) is 27.8 Å². The second-order valence-corrected chi connectivity index (χ2v) is 5.58. The molecule has 0 fully saturated rings. The summed E-state index contributed by atoms with van der Waals surface area (Å²) in [6.45, 7) is 0. The average molecular weight is 292 g/mol. The molecule has 0 spiro atoms. The molecule has 0 aliphatic heterocycles. The second-order valence-electron chi connectivity index (χ2n) is 3.67. The molecule has 0 saturated carbocycles. The lowest BCUT2D eigenvalue weighted by atomic mass is 10.2. The van der Waals surface area contributed by atoms with E-state index in [1.54, 1.807) is 17.5 Å². The zero-order chi connectivity index (χ0) is 13.2. The van der Waals surface area contributed by atoms with E-state index in [-0.39, 0.29) is 5.69 Å². The minimum absolute atomic E-state index is 0.0244. The van der Waals surface area contributed by atoms with Crippen molar-refractivity contribution in [1.29, 1.82) is 0 Å². The minimum atomic E-state index is -1.07. The number of thiazole rings is 1. The Morgan fingerprint density at radius 1 is 1.37 bits per heavy atom. The van der Waals surface area contributed by atoms with Gasteiger partial charge in [0.15, 0.2) is 5.69 Å². The van der Waals surface area contributed by atoms with E-state index >= 15 is 0 Å². The van der Waals surface area contributed by atoms with Crippen LogP contribution in [0, 0.1) is 0 Å². The zero-order valence-corrected chi connectivity index (χ0v) is 11.2. The van der Waals surface area contributed by atoms with Gasteiger partial charge in [0, 0.05) is 22.9 Å². The highest BCUT2D eigenvalue weighted by molar-refractivity contribution is 7.12. The Bertz CT molecular complexity index is 688. The normalized spacial score (nSPS) is 10.7. The topological polar surface area (TPSA) is 80.9 Å². The average Bonchev–Trinajstić information content (AvgIpc) is 3.09. The maximum absolute atomic E-state index is 11.2. The number of carboxylic acid groups (broad SMARTS) is 1. The standard InChI is InChI=1S/C11H8N4O2S2/c16-10(17)9-8(6-7-2-1-4-18-7)15(14-13-9)11-12-3-5-19-11/h1-5H,6H2,(H,16,17). The lowest BCUT2D eigenvalue weighted by Gasteiger charge is -2.02. The van der Waals surface area contributed by atoms with E-state index in [1.807, 2.05) is 22.9 Å². The molecule has 0 radical (unpaired) electrons. The molecule has 0 saturated heterocycles. The van der Waals surface area contributed by atoms with E-state index in [1.165, 1.54) is 16.0 Å². The first-order valence-electron chi connectivity index (χ1n) is 5.36. The molecule has 96 valence electrons. The van der Waals surface area contributed by atoms with Crippen molar-refractivity contribution in [1.82, 2.24) is 20.0 Å². The number of carbonyl (C=O) groups is 1. The number of hydrogen-bond acceptors (Lipinski definition) is 6. The molecule has 0 aromatic carbocycles. The molecule has 0 amide bonds. The summed E-state index contributed by atoms with van der Waals surface area (Å²) in [6.07, 6.45) is 2.13. The highest BCUT2D eigenvalue weighted by Crippen LogP contribution is 2.20. The molecule has 0 bridgehead atoms. The number of aromatic carboxylic acids is 1. The summed E-state index contributed by atoms with van der Waals surface area (Å²) in [7, 11) is 0. The van der Waals surface area contributed by atoms with Gasteiger partial charge >= 0.3 is 5.97 Å². The minimum Gasteiger partial charge on any atom is -0.476 e. The van der Waals surface area contributed by atoms with Crippen molar-refractivity contribution in [2.45, 2.75) is 6.42 Å². The van der Waals surface area contributed by atoms with Crippen LogP contribution in [-0.4, -0.2) is 31.1 Å². The van der Waals surface area contributed by atoms with E-state index in [0.717, 1.165) is 4.88 Å². The van der Waals surface area contributed by atoms with Crippen LogP contribution in [0.3, 0.4) is 0 Å². The van der Waals surface area contributed by atoms with Crippen LogP contribution in [0.4, 0.5) is 0 Å². The molecule has 3 aromatic heterocycles. The van der Waals surface area contributed by atoms with Gasteiger partial charge in [0.1, 0.15) is 0 Å². The lowest BCUT2D eigenvalue weighted by Crippen LogP contribution is -2.07. The molecular weight excluding hydrogens is 284 g/mol. The molecule has 6 nitrogen and oxygen atoms in total. The molecule has 3 aromatic rings. The van der Waals surface area contributed by atoms with Gasteiger partial charge < -0.3 is 5.11 Å². The van der Waals surface area contributed by atoms with Crippen LogP contribution in [0.5, 0.6) is 0 Å². The van der Waals surface area contributed by atoms with E-state index in [4.69, 9.17) is 0 Å². The summed E-state index contributed by atoms with van der Waals surface area (Å²) < 4.78 is 1.49. The number of aromatic nitrogens is 4. The van der Waals surface area contributed by atoms with Crippen molar-refractivity contribution in [3.05, 3.63) is 45.4 Å². The predicted octanol–water partition coefficient (Wildman–Crippen LogP) is 2.07. The van der Waals surface area contributed by atoms with Gasteiger partial charge in [0.25, 0.3) is 0 Å². The van der Waals surface area contributed by atoms with Crippen molar-refractivity contribution < 1.29 is 9.90 Å². The Morgan fingerprint density at radius 2 is 2.26 bits per heavy atom. The highest BCUT2D eigenvalue weighted by Gasteiger charge is 2.21. The summed E-state index contributed by atoms with van der Waals surface area (Å²) in [5, 5.41) is 21.2. The van der Waals surface area contributed by atoms with Gasteiger partial charge in [-0.1, -0.05) is 11.3 Å². The SMILES string of the molecule is O=C(O)c1nnn(-c2nccs2)c1Cc1cccs1. The van der Waals surface area contributed by atoms with Crippen molar-refractivity contribution >= 4 is 28.6 Å². The van der Waals surface area contributed by atoms with E-state index in [0.29, 0.717) is 17.2 Å². The first-order valence-corrected chi connectivity index (χ1v) is 7.12. The molecule has 3 heterocycles. The number of nitrogens with zero attached hydrogens (tertiary/aromatic N) is 4. The van der Waals surface area contributed by atoms with Crippen molar-refractivity contribution in [2.75, 3.05) is 0 Å². The van der Waals surface area contributed by atoms with Crippen LogP contribution in [0.25, 0.3) is 5.13 Å². The molecule has 8 heteroatoms. The number of rotatable bonds is 4. The first kappa shape index (κ1) is 12.0. The van der Waals surface area contributed by atoms with Crippen LogP contribution >= 0.6 is 22.7 Å². The van der Waals surface area contributed by atoms with Gasteiger partial charge in [0.2, 0.25) is 5.13 Å². The molecule has 1 N–H and O–H groups in total. The largest absolute Gasteiger partial charge is 0.476 e. The van der Waals surface area contributed by atoms with Crippen molar-refractivity contribution in [2.24, 2.45) is 0 Å². The van der Waals surface area contributed by atoms with Gasteiger partial charge in [-0.05, 0) is 11.4 Å². The smallest absolute Gasteiger partial charge is 0.358 e. The molecule has 0 unspecified atom stereocenters. The number of thiophene rings is 1. The Kier molecular flexibility index (Phi) is 3.10.